The Labute approximate surface area is 160 Å². The van der Waals surface area contributed by atoms with Crippen molar-refractivity contribution >= 4 is 17.9 Å². The van der Waals surface area contributed by atoms with Gasteiger partial charge in [-0.05, 0) is 25.7 Å². The molecule has 0 aromatic rings. The molecule has 0 spiro atoms. The molecular formula is C20H32O7. The minimum Gasteiger partial charge on any atom is -0.462 e. The van der Waals surface area contributed by atoms with Gasteiger partial charge in [0.25, 0.3) is 0 Å². The second-order valence-electron chi connectivity index (χ2n) is 8.20. The van der Waals surface area contributed by atoms with Gasteiger partial charge < -0.3 is 19.3 Å². The molecule has 7 heteroatoms. The van der Waals surface area contributed by atoms with Gasteiger partial charge in [-0.2, -0.15) is 0 Å². The molecule has 2 aliphatic rings. The summed E-state index contributed by atoms with van der Waals surface area (Å²) >= 11 is 0. The van der Waals surface area contributed by atoms with Crippen molar-refractivity contribution in [2.24, 2.45) is 17.8 Å². The topological polar surface area (TPSA) is 99.1 Å². The molecule has 0 unspecified atom stereocenters. The van der Waals surface area contributed by atoms with Crippen molar-refractivity contribution in [2.75, 3.05) is 0 Å². The maximum Gasteiger partial charge on any atom is 0.306 e. The second-order valence-corrected chi connectivity index (χ2v) is 8.20. The molecule has 1 N–H and O–H groups in total. The second kappa shape index (κ2) is 8.59. The van der Waals surface area contributed by atoms with Crippen LogP contribution in [-0.2, 0) is 28.6 Å². The number of carbonyl (C=O) groups excluding carboxylic acids is 3. The summed E-state index contributed by atoms with van der Waals surface area (Å²) < 4.78 is 16.9. The molecular weight excluding hydrogens is 352 g/mol. The third-order valence-corrected chi connectivity index (χ3v) is 5.96. The molecule has 2 rings (SSSR count). The zero-order chi connectivity index (χ0) is 20.4. The Balaban J connectivity index is 2.38. The predicted molar refractivity (Wildman–Crippen MR) is 96.5 cm³/mol. The molecule has 0 bridgehead atoms. The lowest BCUT2D eigenvalue weighted by Gasteiger charge is -2.38. The number of aliphatic hydroxyl groups is 1. The van der Waals surface area contributed by atoms with Crippen LogP contribution in [0.4, 0.5) is 0 Å². The number of hydrogen-bond donors (Lipinski definition) is 1. The Morgan fingerprint density at radius 3 is 2.33 bits per heavy atom. The highest BCUT2D eigenvalue weighted by molar-refractivity contribution is 5.69. The Morgan fingerprint density at radius 1 is 1.11 bits per heavy atom. The Hall–Kier alpha value is -1.63. The van der Waals surface area contributed by atoms with Crippen LogP contribution in [0.25, 0.3) is 0 Å². The highest BCUT2D eigenvalue weighted by Crippen LogP contribution is 2.51. The van der Waals surface area contributed by atoms with Gasteiger partial charge >= 0.3 is 17.9 Å². The SMILES string of the molecule is CCCC(=O)O[C@@H]1C[C@@H](OC(C)=O)[C@@H]2[C@@H](C)[C@H](O)C[C@@H]2[C@@](C)(OC(C)=O)C1. The first-order chi connectivity index (χ1) is 12.6. The molecule has 27 heavy (non-hydrogen) atoms. The van der Waals surface area contributed by atoms with Crippen molar-refractivity contribution in [1.29, 1.82) is 0 Å². The molecule has 0 aromatic carbocycles. The fourth-order valence-electron chi connectivity index (χ4n) is 4.94. The van der Waals surface area contributed by atoms with Crippen molar-refractivity contribution in [3.63, 3.8) is 0 Å². The number of esters is 3. The average molecular weight is 384 g/mol. The molecule has 154 valence electrons. The zero-order valence-corrected chi connectivity index (χ0v) is 16.9. The van der Waals surface area contributed by atoms with E-state index in [0.717, 1.165) is 0 Å². The average Bonchev–Trinajstić information content (AvgIpc) is 2.76. The van der Waals surface area contributed by atoms with Crippen molar-refractivity contribution < 1.29 is 33.7 Å². The minimum absolute atomic E-state index is 0.126. The molecule has 7 atom stereocenters. The van der Waals surface area contributed by atoms with Crippen LogP contribution < -0.4 is 0 Å². The molecule has 7 nitrogen and oxygen atoms in total. The van der Waals surface area contributed by atoms with E-state index in [0.29, 0.717) is 32.1 Å². The van der Waals surface area contributed by atoms with Gasteiger partial charge in [0.05, 0.1) is 6.10 Å². The number of hydrogen-bond acceptors (Lipinski definition) is 7. The van der Waals surface area contributed by atoms with Crippen LogP contribution in [-0.4, -0.2) is 46.9 Å². The van der Waals surface area contributed by atoms with Crippen molar-refractivity contribution in [2.45, 2.75) is 90.6 Å². The number of carbonyl (C=O) groups is 3. The third kappa shape index (κ3) is 5.00. The highest BCUT2D eigenvalue weighted by atomic mass is 16.6. The van der Waals surface area contributed by atoms with Gasteiger partial charge in [0.1, 0.15) is 17.8 Å². The summed E-state index contributed by atoms with van der Waals surface area (Å²) in [4.78, 5) is 35.6. The summed E-state index contributed by atoms with van der Waals surface area (Å²) in [5.74, 6) is -1.64. The lowest BCUT2D eigenvalue weighted by atomic mass is 9.77. The predicted octanol–water partition coefficient (Wildman–Crippen LogP) is 2.38. The molecule has 0 saturated heterocycles. The van der Waals surface area contributed by atoms with Crippen LogP contribution in [0.15, 0.2) is 0 Å². The van der Waals surface area contributed by atoms with E-state index in [1.165, 1.54) is 13.8 Å². The number of fused-ring (bicyclic) bond motifs is 1. The van der Waals surface area contributed by atoms with Gasteiger partial charge in [-0.25, -0.2) is 0 Å². The quantitative estimate of drug-likeness (QED) is 0.574. The van der Waals surface area contributed by atoms with Crippen LogP contribution >= 0.6 is 0 Å². The van der Waals surface area contributed by atoms with Gasteiger partial charge in [0.15, 0.2) is 0 Å². The number of ether oxygens (including phenoxy) is 3. The molecule has 0 radical (unpaired) electrons. The Kier molecular flexibility index (Phi) is 6.89. The summed E-state index contributed by atoms with van der Waals surface area (Å²) in [6.45, 7) is 8.34. The maximum absolute atomic E-state index is 12.1. The smallest absolute Gasteiger partial charge is 0.306 e. The van der Waals surface area contributed by atoms with E-state index in [1.807, 2.05) is 20.8 Å². The monoisotopic (exact) mass is 384 g/mol. The summed E-state index contributed by atoms with van der Waals surface area (Å²) in [6.07, 6.45) is 0.500. The van der Waals surface area contributed by atoms with Gasteiger partial charge in [0.2, 0.25) is 0 Å². The molecule has 2 fully saturated rings. The Morgan fingerprint density at radius 2 is 1.78 bits per heavy atom. The molecule has 0 amide bonds. The van der Waals surface area contributed by atoms with E-state index in [9.17, 15) is 19.5 Å². The summed E-state index contributed by atoms with van der Waals surface area (Å²) in [6, 6.07) is 0. The fraction of sp³-hybridized carbons (Fsp3) is 0.850. The van der Waals surface area contributed by atoms with Gasteiger partial charge in [-0.1, -0.05) is 13.8 Å². The van der Waals surface area contributed by atoms with E-state index in [1.54, 1.807) is 0 Å². The fourth-order valence-corrected chi connectivity index (χ4v) is 4.94. The minimum atomic E-state index is -0.908. The van der Waals surface area contributed by atoms with E-state index in [4.69, 9.17) is 14.2 Å². The first kappa shape index (κ1) is 21.7. The molecule has 0 aromatic heterocycles. The van der Waals surface area contributed by atoms with Gasteiger partial charge in [0, 0.05) is 44.9 Å². The standard InChI is InChI=1S/C20H32O7/c1-6-7-18(24)26-14-8-17(25-12(3)21)19-11(2)16(23)9-15(19)20(5,10-14)27-13(4)22/h11,14-17,19,23H,6-10H2,1-5H3/t11-,14+,15-,16+,17+,19+,20-/m0/s1. The van der Waals surface area contributed by atoms with Crippen molar-refractivity contribution in [1.82, 2.24) is 0 Å². The first-order valence-electron chi connectivity index (χ1n) is 9.81. The summed E-state index contributed by atoms with van der Waals surface area (Å²) in [7, 11) is 0. The Bertz CT molecular complexity index is 575. The lowest BCUT2D eigenvalue weighted by Crippen LogP contribution is -2.44. The van der Waals surface area contributed by atoms with E-state index >= 15 is 0 Å². The van der Waals surface area contributed by atoms with Crippen LogP contribution in [0.5, 0.6) is 0 Å². The normalized spacial score (nSPS) is 38.4. The van der Waals surface area contributed by atoms with E-state index < -0.39 is 35.9 Å². The third-order valence-electron chi connectivity index (χ3n) is 5.96. The summed E-state index contributed by atoms with van der Waals surface area (Å²) in [5.41, 5.74) is -0.908. The van der Waals surface area contributed by atoms with Gasteiger partial charge in [-0.3, -0.25) is 14.4 Å². The van der Waals surface area contributed by atoms with E-state index in [2.05, 4.69) is 0 Å². The molecule has 0 heterocycles. The molecule has 2 aliphatic carbocycles. The lowest BCUT2D eigenvalue weighted by molar-refractivity contribution is -0.170. The summed E-state index contributed by atoms with van der Waals surface area (Å²) in [5, 5.41) is 10.5. The number of aliphatic hydroxyl groups excluding tert-OH is 1. The van der Waals surface area contributed by atoms with Crippen LogP contribution in [0, 0.1) is 17.8 Å². The zero-order valence-electron chi connectivity index (χ0n) is 16.9. The molecule has 2 saturated carbocycles. The van der Waals surface area contributed by atoms with Crippen LogP contribution in [0.1, 0.15) is 66.7 Å². The molecule has 0 aliphatic heterocycles. The van der Waals surface area contributed by atoms with Crippen LogP contribution in [0.2, 0.25) is 0 Å². The number of rotatable bonds is 5. The largest absolute Gasteiger partial charge is 0.462 e. The first-order valence-corrected chi connectivity index (χ1v) is 9.81. The van der Waals surface area contributed by atoms with Crippen molar-refractivity contribution in [3.8, 4) is 0 Å². The highest BCUT2D eigenvalue weighted by Gasteiger charge is 2.57. The van der Waals surface area contributed by atoms with Gasteiger partial charge in [-0.15, -0.1) is 0 Å². The maximum atomic E-state index is 12.1. The van der Waals surface area contributed by atoms with Crippen molar-refractivity contribution in [3.05, 3.63) is 0 Å². The van der Waals surface area contributed by atoms with Crippen LogP contribution in [0.3, 0.4) is 0 Å². The van der Waals surface area contributed by atoms with E-state index in [-0.39, 0.29) is 23.7 Å².